The van der Waals surface area contributed by atoms with Crippen molar-refractivity contribution in [1.29, 1.82) is 0 Å². The van der Waals surface area contributed by atoms with E-state index in [0.29, 0.717) is 0 Å². The molecule has 0 spiro atoms. The summed E-state index contributed by atoms with van der Waals surface area (Å²) >= 11 is 0. The Kier molecular flexibility index (Phi) is 11.7. The molecule has 0 aromatic rings. The molecule has 1 saturated carbocycles. The Labute approximate surface area is 174 Å². The molecule has 0 saturated heterocycles. The van der Waals surface area contributed by atoms with Gasteiger partial charge in [-0.25, -0.2) is 0 Å². The number of carbonyl (C=O) groups is 5. The van der Waals surface area contributed by atoms with Crippen LogP contribution in [0.5, 0.6) is 0 Å². The van der Waals surface area contributed by atoms with Crippen LogP contribution in [0.3, 0.4) is 0 Å². The molecular formula is C15H21N3O9Pt. The first-order valence-electron chi connectivity index (χ1n) is 7.50. The number of imide groups is 1. The van der Waals surface area contributed by atoms with Crippen LogP contribution in [0.1, 0.15) is 19.3 Å². The van der Waals surface area contributed by atoms with Crippen LogP contribution in [0.4, 0.5) is 0 Å². The van der Waals surface area contributed by atoms with E-state index in [9.17, 15) is 34.2 Å². The van der Waals surface area contributed by atoms with Crippen molar-refractivity contribution in [1.82, 2.24) is 17.2 Å². The first-order valence-corrected chi connectivity index (χ1v) is 7.50. The van der Waals surface area contributed by atoms with E-state index >= 15 is 0 Å². The first kappa shape index (κ1) is 28.1. The van der Waals surface area contributed by atoms with E-state index in [1.807, 2.05) is 0 Å². The van der Waals surface area contributed by atoms with Gasteiger partial charge in [0.15, 0.2) is 0 Å². The van der Waals surface area contributed by atoms with Crippen molar-refractivity contribution in [3.05, 3.63) is 12.2 Å². The van der Waals surface area contributed by atoms with Gasteiger partial charge < -0.3 is 41.6 Å². The van der Waals surface area contributed by atoms with E-state index in [1.165, 1.54) is 0 Å². The van der Waals surface area contributed by atoms with Crippen LogP contribution in [0.2, 0.25) is 0 Å². The zero-order chi connectivity index (χ0) is 18.6. The molecule has 1 heterocycles. The molecule has 0 bridgehead atoms. The summed E-state index contributed by atoms with van der Waals surface area (Å²) in [6.07, 6.45) is 0.553. The Hall–Kier alpha value is -2.14. The van der Waals surface area contributed by atoms with Gasteiger partial charge in [-0.3, -0.25) is 19.3 Å². The molecule has 2 amide bonds. The predicted octanol–water partition coefficient (Wildman–Crippen LogP) is -3.17. The maximum atomic E-state index is 11.6. The van der Waals surface area contributed by atoms with Crippen LogP contribution in [0.25, 0.3) is 0 Å². The normalized spacial score (nSPS) is 16.9. The maximum Gasteiger partial charge on any atom is 2.00 e. The van der Waals surface area contributed by atoms with E-state index in [2.05, 4.69) is 0 Å². The Balaban J connectivity index is 0. The van der Waals surface area contributed by atoms with Gasteiger partial charge in [-0.1, -0.05) is 0 Å². The minimum Gasteiger partial charge on any atom is -0.549 e. The van der Waals surface area contributed by atoms with E-state index in [1.54, 1.807) is 0 Å². The predicted molar refractivity (Wildman–Crippen MR) is 82.9 cm³/mol. The second kappa shape index (κ2) is 11.6. The Morgan fingerprint density at radius 1 is 1.04 bits per heavy atom. The molecule has 0 unspecified atom stereocenters. The van der Waals surface area contributed by atoms with Crippen molar-refractivity contribution in [2.24, 2.45) is 5.41 Å². The fourth-order valence-corrected chi connectivity index (χ4v) is 2.53. The summed E-state index contributed by atoms with van der Waals surface area (Å²) in [5.74, 6) is -5.05. The molecule has 0 aromatic heterocycles. The summed E-state index contributed by atoms with van der Waals surface area (Å²) < 4.78 is 10.1. The van der Waals surface area contributed by atoms with Gasteiger partial charge in [0, 0.05) is 25.0 Å². The smallest absolute Gasteiger partial charge is 0.549 e. The van der Waals surface area contributed by atoms with Gasteiger partial charge in [-0.15, -0.1) is 0 Å². The maximum absolute atomic E-state index is 11.6. The number of carboxylic acid groups (broad SMARTS) is 2. The number of ether oxygens (including phenoxy) is 2. The van der Waals surface area contributed by atoms with Crippen LogP contribution in [0, 0.1) is 5.41 Å². The van der Waals surface area contributed by atoms with Gasteiger partial charge in [0.25, 0.3) is 11.8 Å². The van der Waals surface area contributed by atoms with Crippen molar-refractivity contribution < 1.29 is 64.7 Å². The molecule has 0 atom stereocenters. The Bertz CT molecular complexity index is 613. The summed E-state index contributed by atoms with van der Waals surface area (Å²) in [5, 5.41) is 21.7. The van der Waals surface area contributed by atoms with E-state index < -0.39 is 54.1 Å². The van der Waals surface area contributed by atoms with Gasteiger partial charge in [-0.05, 0) is 0 Å². The molecule has 160 valence electrons. The van der Waals surface area contributed by atoms with E-state index in [4.69, 9.17) is 9.47 Å². The molecule has 2 rings (SSSR count). The van der Waals surface area contributed by atoms with Gasteiger partial charge in [0.1, 0.15) is 6.10 Å². The molecular weight excluding hydrogens is 561 g/mol. The van der Waals surface area contributed by atoms with Gasteiger partial charge in [0.05, 0.1) is 43.5 Å². The number of hydrogen-bond donors (Lipinski definition) is 2. The summed E-state index contributed by atoms with van der Waals surface area (Å²) in [7, 11) is 0. The second-order valence-corrected chi connectivity index (χ2v) is 5.70. The number of carboxylic acids is 2. The number of aliphatic carboxylic acids is 2. The molecule has 0 radical (unpaired) electrons. The molecule has 28 heavy (non-hydrogen) atoms. The molecule has 12 nitrogen and oxygen atoms in total. The standard InChI is InChI=1S/C15H17NO9.2H3N.Pt/c17-10-1-2-11(18)16(10)4-6-24-5-3-12(19)25-9-7-15(8-9,13(20)21)14(22)23;;;/h1-2,9H,3-8H2,(H,20,21)(H,22,23);2*1H3;/q;;;+2/p-2. The largest absolute Gasteiger partial charge is 2.00 e. The average molecular weight is 582 g/mol. The van der Waals surface area contributed by atoms with Crippen molar-refractivity contribution >= 4 is 29.7 Å². The topological polar surface area (TPSA) is 223 Å². The summed E-state index contributed by atoms with van der Waals surface area (Å²) in [4.78, 5) is 56.7. The summed E-state index contributed by atoms with van der Waals surface area (Å²) in [5.41, 5.74) is -2.11. The van der Waals surface area contributed by atoms with Crippen LogP contribution in [-0.4, -0.2) is 60.5 Å². The van der Waals surface area contributed by atoms with Crippen LogP contribution in [-0.2, 0) is 54.5 Å². The van der Waals surface area contributed by atoms with Crippen molar-refractivity contribution in [3.63, 3.8) is 0 Å². The van der Waals surface area contributed by atoms with Crippen molar-refractivity contribution in [3.8, 4) is 0 Å². The van der Waals surface area contributed by atoms with E-state index in [0.717, 1.165) is 17.1 Å². The zero-order valence-electron chi connectivity index (χ0n) is 14.8. The Morgan fingerprint density at radius 2 is 1.54 bits per heavy atom. The number of esters is 1. The second-order valence-electron chi connectivity index (χ2n) is 5.70. The summed E-state index contributed by atoms with van der Waals surface area (Å²) in [6.45, 7) is 0.0811. The third-order valence-corrected chi connectivity index (χ3v) is 4.04. The fraction of sp³-hybridized carbons (Fsp3) is 0.533. The van der Waals surface area contributed by atoms with Crippen LogP contribution < -0.4 is 22.5 Å². The monoisotopic (exact) mass is 582 g/mol. The van der Waals surface area contributed by atoms with E-state index in [-0.39, 0.29) is 59.5 Å². The molecule has 2 aliphatic rings. The average Bonchev–Trinajstić information content (AvgIpc) is 2.80. The minimum atomic E-state index is -2.11. The number of nitrogens with zero attached hydrogens (tertiary/aromatic N) is 1. The Morgan fingerprint density at radius 3 is 2.00 bits per heavy atom. The summed E-state index contributed by atoms with van der Waals surface area (Å²) in [6, 6.07) is 0. The van der Waals surface area contributed by atoms with Crippen molar-refractivity contribution in [2.45, 2.75) is 25.4 Å². The third kappa shape index (κ3) is 6.20. The number of amides is 2. The van der Waals surface area contributed by atoms with Crippen LogP contribution in [0.15, 0.2) is 12.2 Å². The van der Waals surface area contributed by atoms with Gasteiger partial charge >= 0.3 is 27.0 Å². The first-order chi connectivity index (χ1) is 11.8. The number of rotatable bonds is 9. The zero-order valence-corrected chi connectivity index (χ0v) is 17.1. The molecule has 1 aliphatic heterocycles. The number of hydrogen-bond acceptors (Lipinski definition) is 11. The van der Waals surface area contributed by atoms with Gasteiger partial charge in [0.2, 0.25) is 0 Å². The quantitative estimate of drug-likeness (QED) is 0.119. The molecule has 0 aromatic carbocycles. The molecule has 1 aliphatic carbocycles. The third-order valence-electron chi connectivity index (χ3n) is 4.04. The minimum absolute atomic E-state index is 0. The molecule has 6 N–H and O–H groups in total. The SMILES string of the molecule is N.N.O=C(CCOCCN1C(=O)C=CC1=O)OC1CC(C(=O)[O-])(C(=O)[O-])C1.[Pt+2]. The van der Waals surface area contributed by atoms with Crippen LogP contribution >= 0.6 is 0 Å². The molecule has 1 fully saturated rings. The molecule has 13 heteroatoms. The van der Waals surface area contributed by atoms with Crippen molar-refractivity contribution in [2.75, 3.05) is 19.8 Å². The van der Waals surface area contributed by atoms with Gasteiger partial charge in [-0.2, -0.15) is 0 Å². The number of carbonyl (C=O) groups excluding carboxylic acids is 5. The fourth-order valence-electron chi connectivity index (χ4n) is 2.53.